The van der Waals surface area contributed by atoms with E-state index in [0.717, 1.165) is 24.0 Å². The second-order valence-electron chi connectivity index (χ2n) is 5.32. The molecule has 3 rings (SSSR count). The van der Waals surface area contributed by atoms with Crippen LogP contribution in [-0.2, 0) is 12.0 Å². The molecule has 1 atom stereocenters. The zero-order valence-corrected chi connectivity index (χ0v) is 11.6. The summed E-state index contributed by atoms with van der Waals surface area (Å²) < 4.78 is 0. The molecule has 21 heavy (non-hydrogen) atoms. The van der Waals surface area contributed by atoms with Gasteiger partial charge in [-0.2, -0.15) is 0 Å². The van der Waals surface area contributed by atoms with Gasteiger partial charge in [0.25, 0.3) is 5.91 Å². The number of aryl methyl sites for hydroxylation is 1. The van der Waals surface area contributed by atoms with Crippen molar-refractivity contribution in [3.8, 4) is 0 Å². The van der Waals surface area contributed by atoms with E-state index < -0.39 is 5.60 Å². The molecule has 5 nitrogen and oxygen atoms in total. The summed E-state index contributed by atoms with van der Waals surface area (Å²) in [6.07, 6.45) is 6.92. The summed E-state index contributed by atoms with van der Waals surface area (Å²) in [5.74, 6) is -0.320. The molecule has 0 aliphatic heterocycles. The standard InChI is InChI=1S/C16H17N3O2/c20-15(14-10-17-8-9-18-14)19-11-16(21)7-3-5-12-4-1-2-6-13(12)16/h1-2,4,6,8-10,21H,3,5,7,11H2,(H,19,20). The molecule has 1 unspecified atom stereocenters. The molecule has 1 aliphatic rings. The largest absolute Gasteiger partial charge is 0.383 e. The third-order valence-corrected chi connectivity index (χ3v) is 3.89. The van der Waals surface area contributed by atoms with Gasteiger partial charge in [0.05, 0.1) is 12.7 Å². The van der Waals surface area contributed by atoms with Gasteiger partial charge in [-0.15, -0.1) is 0 Å². The van der Waals surface area contributed by atoms with Crippen molar-refractivity contribution in [1.29, 1.82) is 0 Å². The van der Waals surface area contributed by atoms with E-state index in [0.29, 0.717) is 6.42 Å². The highest BCUT2D eigenvalue weighted by atomic mass is 16.3. The van der Waals surface area contributed by atoms with Gasteiger partial charge in [-0.3, -0.25) is 9.78 Å². The van der Waals surface area contributed by atoms with Crippen molar-refractivity contribution in [2.45, 2.75) is 24.9 Å². The lowest BCUT2D eigenvalue weighted by molar-refractivity contribution is 0.0189. The number of hydrogen-bond acceptors (Lipinski definition) is 4. The summed E-state index contributed by atoms with van der Waals surface area (Å²) in [6.45, 7) is 0.180. The van der Waals surface area contributed by atoms with Gasteiger partial charge in [-0.25, -0.2) is 4.98 Å². The number of hydrogen-bond donors (Lipinski definition) is 2. The predicted octanol–water partition coefficient (Wildman–Crippen LogP) is 1.43. The van der Waals surface area contributed by atoms with E-state index in [-0.39, 0.29) is 18.1 Å². The maximum Gasteiger partial charge on any atom is 0.271 e. The van der Waals surface area contributed by atoms with Crippen LogP contribution in [0.1, 0.15) is 34.5 Å². The number of aliphatic hydroxyl groups is 1. The van der Waals surface area contributed by atoms with Gasteiger partial charge in [-0.05, 0) is 30.4 Å². The number of nitrogens with one attached hydrogen (secondary N) is 1. The Labute approximate surface area is 123 Å². The number of fused-ring (bicyclic) bond motifs is 1. The highest BCUT2D eigenvalue weighted by molar-refractivity contribution is 5.91. The zero-order valence-electron chi connectivity index (χ0n) is 11.6. The lowest BCUT2D eigenvalue weighted by Gasteiger charge is -2.34. The minimum absolute atomic E-state index is 0.180. The van der Waals surface area contributed by atoms with Crippen molar-refractivity contribution in [3.63, 3.8) is 0 Å². The first-order valence-electron chi connectivity index (χ1n) is 7.04. The Morgan fingerprint density at radius 2 is 2.19 bits per heavy atom. The molecule has 1 aliphatic carbocycles. The van der Waals surface area contributed by atoms with Crippen LogP contribution in [0.25, 0.3) is 0 Å². The number of carbonyl (C=O) groups is 1. The molecule has 1 amide bonds. The number of aromatic nitrogens is 2. The second-order valence-corrected chi connectivity index (χ2v) is 5.32. The first kappa shape index (κ1) is 13.7. The van der Waals surface area contributed by atoms with E-state index in [9.17, 15) is 9.90 Å². The Hall–Kier alpha value is -2.27. The zero-order chi connectivity index (χ0) is 14.7. The van der Waals surface area contributed by atoms with Crippen molar-refractivity contribution in [3.05, 3.63) is 59.7 Å². The fraction of sp³-hybridized carbons (Fsp3) is 0.312. The minimum Gasteiger partial charge on any atom is -0.383 e. The smallest absolute Gasteiger partial charge is 0.271 e. The summed E-state index contributed by atoms with van der Waals surface area (Å²) in [5, 5.41) is 13.6. The molecule has 0 fully saturated rings. The van der Waals surface area contributed by atoms with E-state index in [1.807, 2.05) is 24.3 Å². The SMILES string of the molecule is O=C(NCC1(O)CCCc2ccccc21)c1cnccn1. The van der Waals surface area contributed by atoms with Crippen molar-refractivity contribution < 1.29 is 9.90 Å². The molecule has 5 heteroatoms. The van der Waals surface area contributed by atoms with Crippen LogP contribution in [0.2, 0.25) is 0 Å². The Bertz CT molecular complexity index is 645. The van der Waals surface area contributed by atoms with Crippen molar-refractivity contribution in [1.82, 2.24) is 15.3 Å². The number of carbonyl (C=O) groups excluding carboxylic acids is 1. The van der Waals surface area contributed by atoms with Crippen molar-refractivity contribution in [2.24, 2.45) is 0 Å². The number of nitrogens with zero attached hydrogens (tertiary/aromatic N) is 2. The summed E-state index contributed by atoms with van der Waals surface area (Å²) in [5.41, 5.74) is 1.31. The Kier molecular flexibility index (Phi) is 3.66. The van der Waals surface area contributed by atoms with Gasteiger partial charge in [0, 0.05) is 12.4 Å². The average molecular weight is 283 g/mol. The molecule has 0 radical (unpaired) electrons. The quantitative estimate of drug-likeness (QED) is 0.893. The number of rotatable bonds is 3. The molecule has 2 aromatic rings. The summed E-state index contributed by atoms with van der Waals surface area (Å²) in [4.78, 5) is 19.8. The van der Waals surface area contributed by atoms with Gasteiger partial charge in [0.15, 0.2) is 0 Å². The van der Waals surface area contributed by atoms with Crippen molar-refractivity contribution in [2.75, 3.05) is 6.54 Å². The van der Waals surface area contributed by atoms with Crippen LogP contribution >= 0.6 is 0 Å². The molecule has 2 N–H and O–H groups in total. The molecule has 0 saturated carbocycles. The molecule has 0 bridgehead atoms. The summed E-state index contributed by atoms with van der Waals surface area (Å²) in [6, 6.07) is 7.86. The Morgan fingerprint density at radius 1 is 1.33 bits per heavy atom. The van der Waals surface area contributed by atoms with Crippen LogP contribution in [0.5, 0.6) is 0 Å². The first-order valence-corrected chi connectivity index (χ1v) is 7.04. The van der Waals surface area contributed by atoms with Crippen LogP contribution < -0.4 is 5.32 Å². The predicted molar refractivity (Wildman–Crippen MR) is 77.6 cm³/mol. The molecule has 0 spiro atoms. The van der Waals surface area contributed by atoms with Gasteiger partial charge in [-0.1, -0.05) is 24.3 Å². The fourth-order valence-electron chi connectivity index (χ4n) is 2.82. The van der Waals surface area contributed by atoms with E-state index >= 15 is 0 Å². The summed E-state index contributed by atoms with van der Waals surface area (Å²) in [7, 11) is 0. The van der Waals surface area contributed by atoms with Gasteiger partial charge in [0.1, 0.15) is 11.3 Å². The van der Waals surface area contributed by atoms with Crippen LogP contribution in [0.15, 0.2) is 42.9 Å². The molecule has 1 heterocycles. The lowest BCUT2D eigenvalue weighted by atomic mass is 9.79. The number of benzene rings is 1. The summed E-state index contributed by atoms with van der Waals surface area (Å²) >= 11 is 0. The van der Waals surface area contributed by atoms with Gasteiger partial charge >= 0.3 is 0 Å². The molecule has 1 aromatic carbocycles. The highest BCUT2D eigenvalue weighted by Gasteiger charge is 2.34. The Balaban J connectivity index is 1.75. The molecular weight excluding hydrogens is 266 g/mol. The monoisotopic (exact) mass is 283 g/mol. The normalized spacial score (nSPS) is 20.6. The second kappa shape index (κ2) is 5.61. The van der Waals surface area contributed by atoms with E-state index in [1.54, 1.807) is 0 Å². The van der Waals surface area contributed by atoms with E-state index in [2.05, 4.69) is 15.3 Å². The molecular formula is C16H17N3O2. The topological polar surface area (TPSA) is 75.1 Å². The Morgan fingerprint density at radius 3 is 3.00 bits per heavy atom. The minimum atomic E-state index is -1.01. The van der Waals surface area contributed by atoms with Crippen LogP contribution in [-0.4, -0.2) is 27.5 Å². The van der Waals surface area contributed by atoms with Crippen LogP contribution in [0, 0.1) is 0 Å². The highest BCUT2D eigenvalue weighted by Crippen LogP contribution is 2.34. The third kappa shape index (κ3) is 2.78. The molecule has 0 saturated heterocycles. The average Bonchev–Trinajstić information content (AvgIpc) is 2.54. The van der Waals surface area contributed by atoms with Gasteiger partial charge < -0.3 is 10.4 Å². The number of amides is 1. The lowest BCUT2D eigenvalue weighted by Crippen LogP contribution is -2.43. The maximum absolute atomic E-state index is 12.0. The van der Waals surface area contributed by atoms with E-state index in [1.165, 1.54) is 18.6 Å². The van der Waals surface area contributed by atoms with Gasteiger partial charge in [0.2, 0.25) is 0 Å². The van der Waals surface area contributed by atoms with E-state index in [4.69, 9.17) is 0 Å². The van der Waals surface area contributed by atoms with Crippen LogP contribution in [0.4, 0.5) is 0 Å². The first-order chi connectivity index (χ1) is 10.2. The van der Waals surface area contributed by atoms with Crippen molar-refractivity contribution >= 4 is 5.91 Å². The fourth-order valence-corrected chi connectivity index (χ4v) is 2.82. The molecule has 108 valence electrons. The molecule has 1 aromatic heterocycles. The third-order valence-electron chi connectivity index (χ3n) is 3.89. The van der Waals surface area contributed by atoms with Crippen LogP contribution in [0.3, 0.4) is 0 Å². The maximum atomic E-state index is 12.0.